The van der Waals surface area contributed by atoms with Gasteiger partial charge in [0, 0.05) is 5.41 Å². The topological polar surface area (TPSA) is 80.9 Å². The van der Waals surface area contributed by atoms with Crippen molar-refractivity contribution in [3.63, 3.8) is 0 Å². The Balaban J connectivity index is 1.49. The Hall–Kier alpha value is -0.940. The molecular formula is C34H56O4. The van der Waals surface area contributed by atoms with Gasteiger partial charge in [0.15, 0.2) is 0 Å². The molecule has 4 rings (SSSR count). The van der Waals surface area contributed by atoms with E-state index in [2.05, 4.69) is 25.2 Å². The van der Waals surface area contributed by atoms with Gasteiger partial charge in [-0.25, -0.2) is 0 Å². The van der Waals surface area contributed by atoms with Crippen molar-refractivity contribution in [1.29, 1.82) is 0 Å². The fourth-order valence-corrected chi connectivity index (χ4v) is 8.45. The molecule has 0 amide bonds. The van der Waals surface area contributed by atoms with Gasteiger partial charge in [-0.1, -0.05) is 67.6 Å². The van der Waals surface area contributed by atoms with Gasteiger partial charge in [0.1, 0.15) is 0 Å². The van der Waals surface area contributed by atoms with E-state index in [1.807, 2.05) is 27.7 Å². The highest BCUT2D eigenvalue weighted by Gasteiger charge is 2.64. The summed E-state index contributed by atoms with van der Waals surface area (Å²) in [5.74, 6) is 1.33. The van der Waals surface area contributed by atoms with Crippen LogP contribution in [0, 0.1) is 22.7 Å². The Labute approximate surface area is 232 Å². The van der Waals surface area contributed by atoms with Crippen LogP contribution in [0.25, 0.3) is 0 Å². The third-order valence-corrected chi connectivity index (χ3v) is 10.5. The number of hydrogen-bond donors (Lipinski definition) is 4. The molecule has 0 aliphatic heterocycles. The Morgan fingerprint density at radius 2 is 1.55 bits per heavy atom. The van der Waals surface area contributed by atoms with E-state index in [1.165, 1.54) is 37.7 Å². The number of rotatable bonds is 11. The summed E-state index contributed by atoms with van der Waals surface area (Å²) in [5.41, 5.74) is 3.61. The van der Waals surface area contributed by atoms with Crippen molar-refractivity contribution in [3.8, 4) is 0 Å². The molecule has 5 atom stereocenters. The first-order chi connectivity index (χ1) is 17.7. The molecule has 1 spiro atoms. The van der Waals surface area contributed by atoms with Gasteiger partial charge in [0.05, 0.1) is 23.4 Å². The molecule has 0 aromatic heterocycles. The normalized spacial score (nSPS) is 34.7. The first kappa shape index (κ1) is 30.0. The Kier molecular flexibility index (Phi) is 9.09. The van der Waals surface area contributed by atoms with Gasteiger partial charge >= 0.3 is 0 Å². The van der Waals surface area contributed by atoms with Crippen LogP contribution < -0.4 is 0 Å². The van der Waals surface area contributed by atoms with Crippen molar-refractivity contribution in [2.45, 2.75) is 154 Å². The second-order valence-corrected chi connectivity index (χ2v) is 15.0. The monoisotopic (exact) mass is 528 g/mol. The summed E-state index contributed by atoms with van der Waals surface area (Å²) in [5, 5.41) is 40.9. The molecule has 2 unspecified atom stereocenters. The molecule has 4 aliphatic carbocycles. The molecule has 38 heavy (non-hydrogen) atoms. The standard InChI is InChI=1S/C34H56O4/c1-31(2,37)16-6-9-24(10-7-17-32(3,4)38)19-27-14-15-28-23-34(28)26(11-8-18-33(27,34)5)13-12-25-20-29(35)22-30(36)21-25/h12-13,23-24,27,29-30,35-38H,6-11,14-22H2,1-5H3/b26-13+/t27?,29-,30-,33-,34?/m1/s1. The summed E-state index contributed by atoms with van der Waals surface area (Å²) in [6.45, 7) is 10.2. The quantitative estimate of drug-likeness (QED) is 0.215. The van der Waals surface area contributed by atoms with E-state index in [0.29, 0.717) is 31.1 Å². The summed E-state index contributed by atoms with van der Waals surface area (Å²) in [6.07, 6.45) is 21.8. The molecule has 0 saturated heterocycles. The van der Waals surface area contributed by atoms with Crippen LogP contribution in [0.4, 0.5) is 0 Å². The van der Waals surface area contributed by atoms with Crippen molar-refractivity contribution in [3.05, 3.63) is 34.9 Å². The summed E-state index contributed by atoms with van der Waals surface area (Å²) in [7, 11) is 0. The predicted molar refractivity (Wildman–Crippen MR) is 156 cm³/mol. The molecule has 0 heterocycles. The lowest BCUT2D eigenvalue weighted by Gasteiger charge is -2.54. The van der Waals surface area contributed by atoms with Crippen LogP contribution in [0.3, 0.4) is 0 Å². The zero-order chi connectivity index (χ0) is 27.8. The van der Waals surface area contributed by atoms with Crippen molar-refractivity contribution in [2.75, 3.05) is 0 Å². The van der Waals surface area contributed by atoms with Gasteiger partial charge in [-0.2, -0.15) is 0 Å². The Morgan fingerprint density at radius 3 is 2.13 bits per heavy atom. The maximum absolute atomic E-state index is 10.3. The van der Waals surface area contributed by atoms with Crippen molar-refractivity contribution in [2.24, 2.45) is 22.7 Å². The largest absolute Gasteiger partial charge is 0.393 e. The van der Waals surface area contributed by atoms with Crippen LogP contribution in [-0.4, -0.2) is 43.8 Å². The minimum Gasteiger partial charge on any atom is -0.393 e. The lowest BCUT2D eigenvalue weighted by molar-refractivity contribution is 0.0251. The average Bonchev–Trinajstić information content (AvgIpc) is 3.51. The molecule has 0 aromatic carbocycles. The van der Waals surface area contributed by atoms with Crippen LogP contribution in [0.15, 0.2) is 34.9 Å². The van der Waals surface area contributed by atoms with E-state index in [4.69, 9.17) is 0 Å². The molecule has 0 aromatic rings. The molecule has 4 heteroatoms. The molecule has 3 fully saturated rings. The zero-order valence-corrected chi connectivity index (χ0v) is 24.9. The molecule has 216 valence electrons. The van der Waals surface area contributed by atoms with Crippen LogP contribution >= 0.6 is 0 Å². The minimum absolute atomic E-state index is 0.155. The molecule has 4 nitrogen and oxygen atoms in total. The van der Waals surface area contributed by atoms with Crippen LogP contribution in [0.2, 0.25) is 0 Å². The number of hydrogen-bond acceptors (Lipinski definition) is 4. The lowest BCUT2D eigenvalue weighted by atomic mass is 9.50. The highest BCUT2D eigenvalue weighted by Crippen LogP contribution is 2.74. The fraction of sp³-hybridized carbons (Fsp3) is 0.824. The second-order valence-electron chi connectivity index (χ2n) is 15.0. The maximum Gasteiger partial charge on any atom is 0.0602 e. The van der Waals surface area contributed by atoms with E-state index in [9.17, 15) is 20.4 Å². The van der Waals surface area contributed by atoms with E-state index in [1.54, 1.807) is 11.1 Å². The first-order valence-electron chi connectivity index (χ1n) is 15.6. The van der Waals surface area contributed by atoms with Gasteiger partial charge in [-0.3, -0.25) is 0 Å². The third kappa shape index (κ3) is 7.03. The highest BCUT2D eigenvalue weighted by atomic mass is 16.3. The Morgan fingerprint density at radius 1 is 0.947 bits per heavy atom. The molecular weight excluding hydrogens is 472 g/mol. The van der Waals surface area contributed by atoms with E-state index < -0.39 is 23.4 Å². The van der Waals surface area contributed by atoms with Gasteiger partial charge in [0.25, 0.3) is 0 Å². The summed E-state index contributed by atoms with van der Waals surface area (Å²) in [6, 6.07) is 0. The maximum atomic E-state index is 10.3. The predicted octanol–water partition coefficient (Wildman–Crippen LogP) is 7.16. The number of aliphatic hydroxyl groups is 4. The fourth-order valence-electron chi connectivity index (χ4n) is 8.45. The summed E-state index contributed by atoms with van der Waals surface area (Å²) < 4.78 is 0. The number of aliphatic hydroxyl groups excluding tert-OH is 2. The van der Waals surface area contributed by atoms with Crippen LogP contribution in [0.5, 0.6) is 0 Å². The summed E-state index contributed by atoms with van der Waals surface area (Å²) >= 11 is 0. The summed E-state index contributed by atoms with van der Waals surface area (Å²) in [4.78, 5) is 0. The molecule has 0 radical (unpaired) electrons. The second kappa shape index (κ2) is 11.5. The molecule has 0 bridgehead atoms. The minimum atomic E-state index is -0.604. The van der Waals surface area contributed by atoms with Gasteiger partial charge in [0.2, 0.25) is 0 Å². The number of allylic oxidation sites excluding steroid dienone is 5. The van der Waals surface area contributed by atoms with Crippen LogP contribution in [-0.2, 0) is 0 Å². The van der Waals surface area contributed by atoms with E-state index >= 15 is 0 Å². The molecule has 4 N–H and O–H groups in total. The molecule has 3 saturated carbocycles. The Bertz CT molecular complexity index is 884. The highest BCUT2D eigenvalue weighted by molar-refractivity contribution is 5.56. The van der Waals surface area contributed by atoms with E-state index in [0.717, 1.165) is 44.9 Å². The zero-order valence-electron chi connectivity index (χ0n) is 24.9. The van der Waals surface area contributed by atoms with Crippen LogP contribution in [0.1, 0.15) is 131 Å². The van der Waals surface area contributed by atoms with Gasteiger partial charge < -0.3 is 20.4 Å². The average molecular weight is 529 g/mol. The van der Waals surface area contributed by atoms with Crippen molar-refractivity contribution in [1.82, 2.24) is 0 Å². The SMILES string of the molecule is CC(C)(O)CCCC(CCCC(C)(C)O)CC1CCC2=CC23/C(=C/C=C2C[C@@H](O)C[C@H](O)C2)CCC[C@]13C. The molecule has 4 aliphatic rings. The van der Waals surface area contributed by atoms with E-state index in [-0.39, 0.29) is 10.8 Å². The van der Waals surface area contributed by atoms with Gasteiger partial charge in [-0.15, -0.1) is 0 Å². The lowest BCUT2D eigenvalue weighted by Crippen LogP contribution is -2.45. The van der Waals surface area contributed by atoms with Crippen molar-refractivity contribution >= 4 is 0 Å². The van der Waals surface area contributed by atoms with Crippen molar-refractivity contribution < 1.29 is 20.4 Å². The smallest absolute Gasteiger partial charge is 0.0602 e. The van der Waals surface area contributed by atoms with Gasteiger partial charge in [-0.05, 0) is 116 Å². The third-order valence-electron chi connectivity index (χ3n) is 10.5. The first-order valence-corrected chi connectivity index (χ1v) is 15.6.